The average Bonchev–Trinajstić information content (AvgIpc) is 2.77. The first-order valence-corrected chi connectivity index (χ1v) is 10.2. The molecule has 1 aliphatic rings. The van der Waals surface area contributed by atoms with Crippen molar-refractivity contribution in [3.63, 3.8) is 0 Å². The van der Waals surface area contributed by atoms with Gasteiger partial charge < -0.3 is 19.7 Å². The number of rotatable bonds is 6. The molecule has 1 aliphatic heterocycles. The molecule has 0 saturated carbocycles. The number of hydrogen-bond donors (Lipinski definition) is 1. The fourth-order valence-electron chi connectivity index (χ4n) is 3.61. The van der Waals surface area contributed by atoms with Crippen LogP contribution in [0.5, 0.6) is 11.5 Å². The van der Waals surface area contributed by atoms with Crippen molar-refractivity contribution in [2.24, 2.45) is 0 Å². The van der Waals surface area contributed by atoms with Crippen molar-refractivity contribution in [1.29, 1.82) is 0 Å². The van der Waals surface area contributed by atoms with Crippen LogP contribution in [0.3, 0.4) is 0 Å². The number of fused-ring (bicyclic) bond motifs is 1. The van der Waals surface area contributed by atoms with E-state index in [2.05, 4.69) is 5.32 Å². The van der Waals surface area contributed by atoms with Gasteiger partial charge in [0, 0.05) is 11.3 Å². The van der Waals surface area contributed by atoms with Gasteiger partial charge in [0.05, 0.1) is 12.2 Å². The van der Waals surface area contributed by atoms with E-state index < -0.39 is 0 Å². The molecule has 0 saturated heterocycles. The number of para-hydroxylation sites is 1. The second kappa shape index (κ2) is 9.09. The summed E-state index contributed by atoms with van der Waals surface area (Å²) >= 11 is 0. The average molecular weight is 434 g/mol. The Kier molecular flexibility index (Phi) is 6.07. The quantitative estimate of drug-likeness (QED) is 0.625. The van der Waals surface area contributed by atoms with Crippen LogP contribution in [0.4, 0.5) is 15.8 Å². The van der Waals surface area contributed by atoms with Gasteiger partial charge in [-0.3, -0.25) is 9.59 Å². The van der Waals surface area contributed by atoms with Gasteiger partial charge >= 0.3 is 0 Å². The Morgan fingerprint density at radius 1 is 1.09 bits per heavy atom. The maximum atomic E-state index is 14.1. The van der Waals surface area contributed by atoms with Crippen LogP contribution in [-0.2, 0) is 16.1 Å². The Morgan fingerprint density at radius 2 is 1.84 bits per heavy atom. The molecule has 3 aromatic carbocycles. The molecule has 7 heteroatoms. The van der Waals surface area contributed by atoms with Crippen LogP contribution in [0.15, 0.2) is 60.7 Å². The summed E-state index contributed by atoms with van der Waals surface area (Å²) in [4.78, 5) is 26.4. The van der Waals surface area contributed by atoms with Crippen molar-refractivity contribution in [1.82, 2.24) is 0 Å². The number of ether oxygens (including phenoxy) is 2. The zero-order valence-electron chi connectivity index (χ0n) is 17.9. The van der Waals surface area contributed by atoms with Gasteiger partial charge in [-0.25, -0.2) is 4.39 Å². The van der Waals surface area contributed by atoms with Crippen LogP contribution in [0, 0.1) is 19.7 Å². The van der Waals surface area contributed by atoms with Crippen LogP contribution in [0.1, 0.15) is 16.7 Å². The molecule has 3 aromatic rings. The third-order valence-electron chi connectivity index (χ3n) is 5.23. The summed E-state index contributed by atoms with van der Waals surface area (Å²) < 4.78 is 25.3. The molecule has 1 N–H and O–H groups in total. The maximum Gasteiger partial charge on any atom is 0.265 e. The van der Waals surface area contributed by atoms with E-state index in [1.807, 2.05) is 32.0 Å². The fraction of sp³-hybridized carbons (Fsp3) is 0.200. The summed E-state index contributed by atoms with van der Waals surface area (Å²) in [6.07, 6.45) is 0. The molecular weight excluding hydrogens is 411 g/mol. The minimum absolute atomic E-state index is 0.0644. The predicted octanol–water partition coefficient (Wildman–Crippen LogP) is 4.39. The van der Waals surface area contributed by atoms with E-state index >= 15 is 0 Å². The van der Waals surface area contributed by atoms with E-state index in [1.165, 1.54) is 11.0 Å². The number of anilines is 2. The molecule has 0 fully saturated rings. The summed E-state index contributed by atoms with van der Waals surface area (Å²) in [6, 6.07) is 17.1. The van der Waals surface area contributed by atoms with Crippen LogP contribution >= 0.6 is 0 Å². The lowest BCUT2D eigenvalue weighted by Gasteiger charge is -2.30. The molecule has 2 amide bonds. The third-order valence-corrected chi connectivity index (χ3v) is 5.23. The van der Waals surface area contributed by atoms with Gasteiger partial charge in [0.15, 0.2) is 13.2 Å². The molecule has 0 atom stereocenters. The molecule has 32 heavy (non-hydrogen) atoms. The van der Waals surface area contributed by atoms with E-state index in [0.29, 0.717) is 28.4 Å². The normalized spacial score (nSPS) is 12.7. The highest BCUT2D eigenvalue weighted by Crippen LogP contribution is 2.35. The summed E-state index contributed by atoms with van der Waals surface area (Å²) in [5.41, 5.74) is 3.25. The topological polar surface area (TPSA) is 67.9 Å². The van der Waals surface area contributed by atoms with Gasteiger partial charge in [0.2, 0.25) is 0 Å². The summed E-state index contributed by atoms with van der Waals surface area (Å²) in [5, 5.41) is 2.78. The molecule has 0 bridgehead atoms. The molecule has 0 aromatic heterocycles. The van der Waals surface area contributed by atoms with Crippen LogP contribution in [-0.4, -0.2) is 25.0 Å². The molecule has 4 rings (SSSR count). The molecule has 6 nitrogen and oxygen atoms in total. The number of carbonyl (C=O) groups excluding carboxylic acids is 2. The molecule has 0 spiro atoms. The monoisotopic (exact) mass is 434 g/mol. The number of nitrogens with zero attached hydrogens (tertiary/aromatic N) is 1. The van der Waals surface area contributed by atoms with Crippen LogP contribution in [0.25, 0.3) is 0 Å². The number of carbonyl (C=O) groups is 2. The van der Waals surface area contributed by atoms with Crippen molar-refractivity contribution in [2.75, 3.05) is 23.4 Å². The van der Waals surface area contributed by atoms with E-state index in [4.69, 9.17) is 9.47 Å². The van der Waals surface area contributed by atoms with Crippen molar-refractivity contribution in [2.45, 2.75) is 20.4 Å². The number of hydrogen-bond acceptors (Lipinski definition) is 4. The Bertz CT molecular complexity index is 1160. The zero-order valence-corrected chi connectivity index (χ0v) is 17.9. The van der Waals surface area contributed by atoms with E-state index in [9.17, 15) is 14.0 Å². The first-order chi connectivity index (χ1) is 15.4. The number of benzene rings is 3. The van der Waals surface area contributed by atoms with Gasteiger partial charge in [-0.05, 0) is 49.2 Å². The minimum Gasteiger partial charge on any atom is -0.483 e. The predicted molar refractivity (Wildman–Crippen MR) is 120 cm³/mol. The van der Waals surface area contributed by atoms with Crippen molar-refractivity contribution in [3.05, 3.63) is 83.2 Å². The van der Waals surface area contributed by atoms with Crippen molar-refractivity contribution < 1.29 is 23.5 Å². The van der Waals surface area contributed by atoms with Gasteiger partial charge in [0.1, 0.15) is 17.3 Å². The van der Waals surface area contributed by atoms with Crippen molar-refractivity contribution >= 4 is 23.2 Å². The van der Waals surface area contributed by atoms with Gasteiger partial charge in [-0.15, -0.1) is 0 Å². The summed E-state index contributed by atoms with van der Waals surface area (Å²) in [5.74, 6) is 0.161. The smallest absolute Gasteiger partial charge is 0.265 e. The molecule has 1 heterocycles. The van der Waals surface area contributed by atoms with E-state index in [1.54, 1.807) is 36.4 Å². The Morgan fingerprint density at radius 3 is 2.59 bits per heavy atom. The maximum absolute atomic E-state index is 14.1. The lowest BCUT2D eigenvalue weighted by Crippen LogP contribution is -2.38. The highest BCUT2D eigenvalue weighted by Gasteiger charge is 2.27. The Hall–Kier alpha value is -3.87. The van der Waals surface area contributed by atoms with Gasteiger partial charge in [-0.1, -0.05) is 36.4 Å². The second-order valence-electron chi connectivity index (χ2n) is 7.60. The number of halogens is 1. The zero-order chi connectivity index (χ0) is 22.7. The lowest BCUT2D eigenvalue weighted by molar-refractivity contribution is -0.121. The molecule has 0 unspecified atom stereocenters. The van der Waals surface area contributed by atoms with Gasteiger partial charge in [-0.2, -0.15) is 0 Å². The first-order valence-electron chi connectivity index (χ1n) is 10.2. The van der Waals surface area contributed by atoms with Crippen LogP contribution < -0.4 is 19.7 Å². The number of aryl methyl sites for hydroxylation is 2. The summed E-state index contributed by atoms with van der Waals surface area (Å²) in [6.45, 7) is 3.62. The third kappa shape index (κ3) is 4.56. The van der Waals surface area contributed by atoms with Crippen LogP contribution in [0.2, 0.25) is 0 Å². The van der Waals surface area contributed by atoms with E-state index in [0.717, 1.165) is 11.1 Å². The first kappa shape index (κ1) is 21.4. The minimum atomic E-state index is -0.388. The number of amides is 2. The second-order valence-corrected chi connectivity index (χ2v) is 7.60. The van der Waals surface area contributed by atoms with Crippen molar-refractivity contribution in [3.8, 4) is 11.5 Å². The van der Waals surface area contributed by atoms with E-state index in [-0.39, 0.29) is 37.4 Å². The highest BCUT2D eigenvalue weighted by atomic mass is 19.1. The Labute approximate surface area is 185 Å². The molecular formula is C25H23FN2O4. The number of nitrogens with one attached hydrogen (secondary N) is 1. The molecule has 0 aliphatic carbocycles. The molecule has 164 valence electrons. The summed E-state index contributed by atoms with van der Waals surface area (Å²) in [7, 11) is 0. The standard InChI is InChI=1S/C25H23FN2O4/c1-16-6-5-7-17(2)25(16)32-14-23(29)27-19-10-11-22-21(12-19)28(24(30)15-31-22)13-18-8-3-4-9-20(18)26/h3-12H,13-15H2,1-2H3,(H,27,29). The Balaban J connectivity index is 1.49. The highest BCUT2D eigenvalue weighted by molar-refractivity contribution is 5.99. The largest absolute Gasteiger partial charge is 0.483 e. The lowest BCUT2D eigenvalue weighted by atomic mass is 10.1. The SMILES string of the molecule is Cc1cccc(C)c1OCC(=O)Nc1ccc2c(c1)N(Cc1ccccc1F)C(=O)CO2. The van der Waals surface area contributed by atoms with Gasteiger partial charge in [0.25, 0.3) is 11.8 Å². The molecule has 0 radical (unpaired) electrons. The fourth-order valence-corrected chi connectivity index (χ4v) is 3.61.